The highest BCUT2D eigenvalue weighted by Gasteiger charge is 2.34. The van der Waals surface area contributed by atoms with Gasteiger partial charge in [-0.2, -0.15) is 13.2 Å². The summed E-state index contributed by atoms with van der Waals surface area (Å²) in [5.74, 6) is 0.650. The van der Waals surface area contributed by atoms with E-state index in [4.69, 9.17) is 0 Å². The van der Waals surface area contributed by atoms with Crippen LogP contribution in [0.4, 0.5) is 13.2 Å². The van der Waals surface area contributed by atoms with E-state index < -0.39 is 11.7 Å². The first-order valence-corrected chi connectivity index (χ1v) is 7.81. The van der Waals surface area contributed by atoms with E-state index in [2.05, 4.69) is 21.2 Å². The monoisotopic (exact) mass is 349 g/mol. The van der Waals surface area contributed by atoms with E-state index in [0.717, 1.165) is 18.5 Å². The van der Waals surface area contributed by atoms with E-state index in [1.165, 1.54) is 31.4 Å². The molecule has 0 aliphatic heterocycles. The van der Waals surface area contributed by atoms with Crippen LogP contribution in [-0.4, -0.2) is 6.54 Å². The zero-order valence-corrected chi connectivity index (χ0v) is 13.0. The van der Waals surface area contributed by atoms with Crippen LogP contribution in [0.2, 0.25) is 0 Å². The largest absolute Gasteiger partial charge is 0.417 e. The van der Waals surface area contributed by atoms with Crippen molar-refractivity contribution >= 4 is 15.9 Å². The predicted molar refractivity (Wildman–Crippen MR) is 77.5 cm³/mol. The lowest BCUT2D eigenvalue weighted by atomic mass is 9.79. The van der Waals surface area contributed by atoms with Crippen LogP contribution in [0.3, 0.4) is 0 Å². The number of hydrogen-bond acceptors (Lipinski definition) is 1. The lowest BCUT2D eigenvalue weighted by molar-refractivity contribution is -0.138. The quantitative estimate of drug-likeness (QED) is 0.759. The summed E-state index contributed by atoms with van der Waals surface area (Å²) in [7, 11) is 0. The minimum absolute atomic E-state index is 0.0134. The van der Waals surface area contributed by atoms with Crippen molar-refractivity contribution in [3.63, 3.8) is 0 Å². The second kappa shape index (κ2) is 6.48. The van der Waals surface area contributed by atoms with Crippen molar-refractivity contribution in [1.29, 1.82) is 0 Å². The van der Waals surface area contributed by atoms with Gasteiger partial charge in [-0.1, -0.05) is 48.2 Å². The third-order valence-electron chi connectivity index (χ3n) is 3.94. The molecule has 0 aromatic heterocycles. The number of benzene rings is 1. The topological polar surface area (TPSA) is 12.0 Å². The highest BCUT2D eigenvalue weighted by atomic mass is 79.9. The van der Waals surface area contributed by atoms with Crippen LogP contribution in [0, 0.1) is 5.92 Å². The molecule has 2 rings (SSSR count). The van der Waals surface area contributed by atoms with Crippen molar-refractivity contribution in [1.82, 2.24) is 5.32 Å². The van der Waals surface area contributed by atoms with Crippen molar-refractivity contribution < 1.29 is 13.2 Å². The molecular weight excluding hydrogens is 331 g/mol. The molecule has 1 aromatic rings. The summed E-state index contributed by atoms with van der Waals surface area (Å²) in [6.45, 7) is 2.74. The summed E-state index contributed by atoms with van der Waals surface area (Å²) in [6.07, 6.45) is 0.252. The molecule has 0 heterocycles. The maximum Gasteiger partial charge on any atom is 0.417 e. The first-order chi connectivity index (χ1) is 9.41. The third-order valence-corrected chi connectivity index (χ3v) is 4.63. The highest BCUT2D eigenvalue weighted by Crippen LogP contribution is 2.39. The molecule has 1 fully saturated rings. The van der Waals surface area contributed by atoms with Crippen molar-refractivity contribution in [2.24, 2.45) is 5.92 Å². The van der Waals surface area contributed by atoms with E-state index in [0.29, 0.717) is 5.92 Å². The van der Waals surface area contributed by atoms with Crippen LogP contribution < -0.4 is 5.32 Å². The van der Waals surface area contributed by atoms with E-state index in [1.54, 1.807) is 6.07 Å². The summed E-state index contributed by atoms with van der Waals surface area (Å²) in [5.41, 5.74) is 0.140. The fourth-order valence-corrected chi connectivity index (χ4v) is 3.09. The van der Waals surface area contributed by atoms with Gasteiger partial charge in [0.1, 0.15) is 0 Å². The first kappa shape index (κ1) is 15.8. The molecule has 0 amide bonds. The predicted octanol–water partition coefficient (Wildman–Crippen LogP) is 5.31. The summed E-state index contributed by atoms with van der Waals surface area (Å²) in [4.78, 5) is 0. The van der Waals surface area contributed by atoms with Crippen LogP contribution in [0.25, 0.3) is 0 Å². The fourth-order valence-electron chi connectivity index (χ4n) is 2.62. The SMILES string of the molecule is CCNC(CC1CCC1)c1ccc(Br)c(C(F)(F)F)c1. The Kier molecular flexibility index (Phi) is 5.13. The Labute approximate surface area is 126 Å². The molecule has 1 unspecified atom stereocenters. The van der Waals surface area contributed by atoms with E-state index >= 15 is 0 Å². The molecule has 1 aliphatic rings. The van der Waals surface area contributed by atoms with Gasteiger partial charge < -0.3 is 5.32 Å². The van der Waals surface area contributed by atoms with E-state index in [-0.39, 0.29) is 10.5 Å². The minimum atomic E-state index is -4.32. The van der Waals surface area contributed by atoms with Gasteiger partial charge in [-0.15, -0.1) is 0 Å². The smallest absolute Gasteiger partial charge is 0.310 e. The zero-order valence-electron chi connectivity index (χ0n) is 11.4. The van der Waals surface area contributed by atoms with Crippen LogP contribution in [0.15, 0.2) is 22.7 Å². The second-order valence-electron chi connectivity index (χ2n) is 5.38. The van der Waals surface area contributed by atoms with Gasteiger partial charge in [0, 0.05) is 10.5 Å². The molecule has 1 nitrogen and oxygen atoms in total. The van der Waals surface area contributed by atoms with Gasteiger partial charge in [0.25, 0.3) is 0 Å². The molecule has 0 radical (unpaired) electrons. The minimum Gasteiger partial charge on any atom is -0.310 e. The van der Waals surface area contributed by atoms with Crippen LogP contribution in [-0.2, 0) is 6.18 Å². The molecule has 0 bridgehead atoms. The Morgan fingerprint density at radius 3 is 2.55 bits per heavy atom. The number of halogens is 4. The lowest BCUT2D eigenvalue weighted by Gasteiger charge is -2.30. The van der Waals surface area contributed by atoms with Gasteiger partial charge in [-0.25, -0.2) is 0 Å². The average Bonchev–Trinajstić information content (AvgIpc) is 2.31. The van der Waals surface area contributed by atoms with Crippen LogP contribution in [0.5, 0.6) is 0 Å². The second-order valence-corrected chi connectivity index (χ2v) is 6.23. The molecular formula is C15H19BrF3N. The maximum absolute atomic E-state index is 13.0. The van der Waals surface area contributed by atoms with Crippen LogP contribution in [0.1, 0.15) is 49.8 Å². The molecule has 1 saturated carbocycles. The Morgan fingerprint density at radius 2 is 2.05 bits per heavy atom. The molecule has 5 heteroatoms. The van der Waals surface area contributed by atoms with Gasteiger partial charge >= 0.3 is 6.18 Å². The maximum atomic E-state index is 13.0. The molecule has 112 valence electrons. The summed E-state index contributed by atoms with van der Waals surface area (Å²) >= 11 is 2.99. The first-order valence-electron chi connectivity index (χ1n) is 7.01. The molecule has 0 spiro atoms. The van der Waals surface area contributed by atoms with Gasteiger partial charge in [-0.3, -0.25) is 0 Å². The number of rotatable bonds is 5. The Morgan fingerprint density at radius 1 is 1.35 bits per heavy atom. The van der Waals surface area contributed by atoms with Crippen molar-refractivity contribution in [3.8, 4) is 0 Å². The van der Waals surface area contributed by atoms with Gasteiger partial charge in [0.05, 0.1) is 5.56 Å². The van der Waals surface area contributed by atoms with E-state index in [9.17, 15) is 13.2 Å². The Balaban J connectivity index is 2.23. The number of nitrogens with one attached hydrogen (secondary N) is 1. The summed E-state index contributed by atoms with van der Waals surface area (Å²) in [5, 5.41) is 3.31. The van der Waals surface area contributed by atoms with Crippen LogP contribution >= 0.6 is 15.9 Å². The fraction of sp³-hybridized carbons (Fsp3) is 0.600. The Bertz CT molecular complexity index is 455. The third kappa shape index (κ3) is 3.76. The molecule has 1 N–H and O–H groups in total. The van der Waals surface area contributed by atoms with Gasteiger partial charge in [0.15, 0.2) is 0 Å². The molecule has 1 aliphatic carbocycles. The number of hydrogen-bond donors (Lipinski definition) is 1. The van der Waals surface area contributed by atoms with Crippen molar-refractivity contribution in [2.45, 2.75) is 44.8 Å². The summed E-state index contributed by atoms with van der Waals surface area (Å²) in [6, 6.07) is 4.57. The molecule has 1 aromatic carbocycles. The Hall–Kier alpha value is -0.550. The average molecular weight is 350 g/mol. The molecule has 0 saturated heterocycles. The number of alkyl halides is 3. The van der Waals surface area contributed by atoms with Gasteiger partial charge in [-0.05, 0) is 36.6 Å². The summed E-state index contributed by atoms with van der Waals surface area (Å²) < 4.78 is 39.0. The standard InChI is InChI=1S/C15H19BrF3N/c1-2-20-14(8-10-4-3-5-10)11-6-7-13(16)12(9-11)15(17,18)19/h6-7,9-10,14,20H,2-5,8H2,1H3. The van der Waals surface area contributed by atoms with E-state index in [1.807, 2.05) is 6.92 Å². The highest BCUT2D eigenvalue weighted by molar-refractivity contribution is 9.10. The van der Waals surface area contributed by atoms with Crippen molar-refractivity contribution in [2.75, 3.05) is 6.54 Å². The lowest BCUT2D eigenvalue weighted by Crippen LogP contribution is -2.26. The zero-order chi connectivity index (χ0) is 14.8. The van der Waals surface area contributed by atoms with Gasteiger partial charge in [0.2, 0.25) is 0 Å². The van der Waals surface area contributed by atoms with Crippen molar-refractivity contribution in [3.05, 3.63) is 33.8 Å². The molecule has 1 atom stereocenters. The molecule has 20 heavy (non-hydrogen) atoms. The normalized spacial score (nSPS) is 17.9.